The first-order valence-corrected chi connectivity index (χ1v) is 6.82. The summed E-state index contributed by atoms with van der Waals surface area (Å²) in [6.45, 7) is 0.486. The highest BCUT2D eigenvalue weighted by Gasteiger charge is 2.09. The van der Waals surface area contributed by atoms with Crippen molar-refractivity contribution in [2.24, 2.45) is 0 Å². The molecular weight excluding hydrogens is 268 g/mol. The molecule has 1 heterocycles. The van der Waals surface area contributed by atoms with Crippen LogP contribution in [0, 0.1) is 0 Å². The number of rotatable bonds is 6. The largest absolute Gasteiger partial charge is 0.387 e. The van der Waals surface area contributed by atoms with Crippen molar-refractivity contribution in [1.82, 2.24) is 9.88 Å². The van der Waals surface area contributed by atoms with E-state index in [1.54, 1.807) is 30.5 Å². The van der Waals surface area contributed by atoms with Gasteiger partial charge in [-0.2, -0.15) is 0 Å². The molecule has 0 spiro atoms. The van der Waals surface area contributed by atoms with Crippen molar-refractivity contribution in [3.63, 3.8) is 0 Å². The number of nitrogens with zero attached hydrogens (tertiary/aromatic N) is 1. The zero-order chi connectivity index (χ0) is 15.1. The summed E-state index contributed by atoms with van der Waals surface area (Å²) >= 11 is 0. The minimum absolute atomic E-state index is 0.130. The van der Waals surface area contributed by atoms with Gasteiger partial charge in [0.05, 0.1) is 6.10 Å². The van der Waals surface area contributed by atoms with Crippen LogP contribution in [-0.4, -0.2) is 22.1 Å². The Labute approximate surface area is 122 Å². The Morgan fingerprint density at radius 1 is 1.14 bits per heavy atom. The second-order valence-electron chi connectivity index (χ2n) is 4.71. The lowest BCUT2D eigenvalue weighted by Crippen LogP contribution is -2.30. The van der Waals surface area contributed by atoms with Crippen LogP contribution in [0.5, 0.6) is 0 Å². The molecule has 0 aliphatic heterocycles. The van der Waals surface area contributed by atoms with Crippen LogP contribution < -0.4 is 10.9 Å². The average molecular weight is 286 g/mol. The van der Waals surface area contributed by atoms with Gasteiger partial charge < -0.3 is 15.0 Å². The van der Waals surface area contributed by atoms with Crippen molar-refractivity contribution in [2.75, 3.05) is 6.54 Å². The first-order chi connectivity index (χ1) is 10.2. The van der Waals surface area contributed by atoms with Crippen LogP contribution in [0.25, 0.3) is 0 Å². The molecule has 110 valence electrons. The van der Waals surface area contributed by atoms with Crippen LogP contribution in [0.1, 0.15) is 18.1 Å². The number of carbonyl (C=O) groups excluding carboxylic acids is 1. The van der Waals surface area contributed by atoms with Gasteiger partial charge in [0.25, 0.3) is 5.56 Å². The monoisotopic (exact) mass is 286 g/mol. The predicted octanol–water partition coefficient (Wildman–Crippen LogP) is 1.09. The van der Waals surface area contributed by atoms with E-state index in [9.17, 15) is 14.7 Å². The van der Waals surface area contributed by atoms with Gasteiger partial charge in [-0.05, 0) is 11.6 Å². The number of aliphatic hydroxyl groups is 1. The van der Waals surface area contributed by atoms with Gasteiger partial charge in [-0.15, -0.1) is 0 Å². The first-order valence-electron chi connectivity index (χ1n) is 6.82. The highest BCUT2D eigenvalue weighted by atomic mass is 16.3. The maximum absolute atomic E-state index is 11.7. The Balaban J connectivity index is 1.78. The van der Waals surface area contributed by atoms with Crippen LogP contribution in [-0.2, 0) is 11.3 Å². The van der Waals surface area contributed by atoms with Gasteiger partial charge in [0.2, 0.25) is 5.91 Å². The summed E-state index contributed by atoms with van der Waals surface area (Å²) in [5, 5.41) is 12.6. The minimum Gasteiger partial charge on any atom is -0.387 e. The second kappa shape index (κ2) is 7.40. The second-order valence-corrected chi connectivity index (χ2v) is 4.71. The summed E-state index contributed by atoms with van der Waals surface area (Å²) in [5.74, 6) is -0.194. The molecule has 21 heavy (non-hydrogen) atoms. The number of benzene rings is 1. The molecule has 0 aliphatic rings. The van der Waals surface area contributed by atoms with Gasteiger partial charge >= 0.3 is 0 Å². The van der Waals surface area contributed by atoms with Crippen molar-refractivity contribution < 1.29 is 9.90 Å². The molecule has 1 amide bonds. The maximum Gasteiger partial charge on any atom is 0.250 e. The third kappa shape index (κ3) is 4.57. The Bertz CT molecular complexity index is 637. The van der Waals surface area contributed by atoms with Gasteiger partial charge in [-0.25, -0.2) is 0 Å². The number of aliphatic hydroxyl groups excluding tert-OH is 1. The Kier molecular flexibility index (Phi) is 5.29. The van der Waals surface area contributed by atoms with E-state index >= 15 is 0 Å². The molecule has 0 saturated heterocycles. The number of hydrogen-bond donors (Lipinski definition) is 2. The molecule has 5 nitrogen and oxygen atoms in total. The lowest BCUT2D eigenvalue weighted by atomic mass is 10.1. The predicted molar refractivity (Wildman–Crippen MR) is 79.7 cm³/mol. The lowest BCUT2D eigenvalue weighted by Gasteiger charge is -2.12. The van der Waals surface area contributed by atoms with E-state index in [0.717, 1.165) is 5.56 Å². The number of aryl methyl sites for hydroxylation is 1. The number of carbonyl (C=O) groups is 1. The molecule has 0 aliphatic carbocycles. The molecule has 0 radical (unpaired) electrons. The van der Waals surface area contributed by atoms with E-state index in [-0.39, 0.29) is 24.4 Å². The number of aromatic nitrogens is 1. The van der Waals surface area contributed by atoms with Crippen LogP contribution >= 0.6 is 0 Å². The third-order valence-corrected chi connectivity index (χ3v) is 3.16. The summed E-state index contributed by atoms with van der Waals surface area (Å²) in [5.41, 5.74) is 0.631. The maximum atomic E-state index is 11.7. The normalized spacial score (nSPS) is 11.9. The summed E-state index contributed by atoms with van der Waals surface area (Å²) < 4.78 is 1.48. The van der Waals surface area contributed by atoms with E-state index in [4.69, 9.17) is 0 Å². The minimum atomic E-state index is -0.727. The van der Waals surface area contributed by atoms with Gasteiger partial charge in [0, 0.05) is 31.8 Å². The van der Waals surface area contributed by atoms with Crippen LogP contribution in [0.15, 0.2) is 59.5 Å². The van der Waals surface area contributed by atoms with Crippen LogP contribution in [0.2, 0.25) is 0 Å². The van der Waals surface area contributed by atoms with E-state index in [2.05, 4.69) is 5.32 Å². The molecule has 2 N–H and O–H groups in total. The van der Waals surface area contributed by atoms with Crippen molar-refractivity contribution in [3.05, 3.63) is 70.6 Å². The summed E-state index contributed by atoms with van der Waals surface area (Å²) in [4.78, 5) is 23.2. The summed E-state index contributed by atoms with van der Waals surface area (Å²) in [7, 11) is 0. The molecule has 5 heteroatoms. The molecule has 1 unspecified atom stereocenters. The fourth-order valence-electron chi connectivity index (χ4n) is 1.96. The van der Waals surface area contributed by atoms with Crippen LogP contribution in [0.3, 0.4) is 0 Å². The van der Waals surface area contributed by atoms with Gasteiger partial charge in [-0.3, -0.25) is 9.59 Å². The fraction of sp³-hybridized carbons (Fsp3) is 0.250. The SMILES string of the molecule is O=C(CCn1ccccc1=O)NCC(O)c1ccccc1. The molecule has 0 saturated carbocycles. The average Bonchev–Trinajstić information content (AvgIpc) is 2.52. The van der Waals surface area contributed by atoms with Gasteiger partial charge in [0.1, 0.15) is 0 Å². The van der Waals surface area contributed by atoms with E-state index in [0.29, 0.717) is 6.54 Å². The zero-order valence-corrected chi connectivity index (χ0v) is 11.6. The third-order valence-electron chi connectivity index (χ3n) is 3.16. The molecule has 0 fully saturated rings. The van der Waals surface area contributed by atoms with E-state index < -0.39 is 6.10 Å². The van der Waals surface area contributed by atoms with Crippen molar-refractivity contribution in [3.8, 4) is 0 Å². The Morgan fingerprint density at radius 2 is 1.86 bits per heavy atom. The summed E-state index contributed by atoms with van der Waals surface area (Å²) in [6.07, 6.45) is 1.12. The van der Waals surface area contributed by atoms with Crippen molar-refractivity contribution >= 4 is 5.91 Å². The Hall–Kier alpha value is -2.40. The molecule has 0 bridgehead atoms. The van der Waals surface area contributed by atoms with Gasteiger partial charge in [0.15, 0.2) is 0 Å². The standard InChI is InChI=1S/C16H18N2O3/c19-14(13-6-2-1-3-7-13)12-17-15(20)9-11-18-10-5-4-8-16(18)21/h1-8,10,14,19H,9,11-12H2,(H,17,20). The zero-order valence-electron chi connectivity index (χ0n) is 11.6. The number of nitrogens with one attached hydrogen (secondary N) is 1. The fourth-order valence-corrected chi connectivity index (χ4v) is 1.96. The molecule has 1 atom stereocenters. The topological polar surface area (TPSA) is 71.3 Å². The van der Waals surface area contributed by atoms with Gasteiger partial charge in [-0.1, -0.05) is 36.4 Å². The molecule has 1 aromatic carbocycles. The molecule has 2 rings (SSSR count). The smallest absolute Gasteiger partial charge is 0.250 e. The number of hydrogen-bond acceptors (Lipinski definition) is 3. The Morgan fingerprint density at radius 3 is 2.57 bits per heavy atom. The highest BCUT2D eigenvalue weighted by Crippen LogP contribution is 2.10. The number of amides is 1. The lowest BCUT2D eigenvalue weighted by molar-refractivity contribution is -0.121. The molecular formula is C16H18N2O3. The first kappa shape index (κ1) is 15.0. The molecule has 2 aromatic rings. The quantitative estimate of drug-likeness (QED) is 0.835. The van der Waals surface area contributed by atoms with E-state index in [1.807, 2.05) is 18.2 Å². The van der Waals surface area contributed by atoms with E-state index in [1.165, 1.54) is 10.6 Å². The highest BCUT2D eigenvalue weighted by molar-refractivity contribution is 5.75. The van der Waals surface area contributed by atoms with Crippen molar-refractivity contribution in [1.29, 1.82) is 0 Å². The summed E-state index contributed by atoms with van der Waals surface area (Å²) in [6, 6.07) is 14.0. The molecule has 1 aromatic heterocycles. The van der Waals surface area contributed by atoms with Crippen molar-refractivity contribution in [2.45, 2.75) is 19.1 Å². The number of pyridine rings is 1. The van der Waals surface area contributed by atoms with Crippen LogP contribution in [0.4, 0.5) is 0 Å².